The van der Waals surface area contributed by atoms with E-state index in [0.29, 0.717) is 11.8 Å². The van der Waals surface area contributed by atoms with E-state index in [4.69, 9.17) is 9.47 Å². The number of benzene rings is 1. The average Bonchev–Trinajstić information content (AvgIpc) is 2.85. The zero-order valence-corrected chi connectivity index (χ0v) is 20.3. The summed E-state index contributed by atoms with van der Waals surface area (Å²) in [7, 11) is 0. The molecule has 4 rings (SSSR count). The molecule has 0 N–H and O–H groups in total. The molecule has 0 radical (unpaired) electrons. The highest BCUT2D eigenvalue weighted by atomic mass is 19.1. The third-order valence-electron chi connectivity index (χ3n) is 8.55. The van der Waals surface area contributed by atoms with E-state index in [1.54, 1.807) is 19.1 Å². The Labute approximate surface area is 202 Å². The highest BCUT2D eigenvalue weighted by Gasteiger charge is 2.39. The first kappa shape index (κ1) is 24.9. The van der Waals surface area contributed by atoms with E-state index in [1.807, 2.05) is 0 Å². The maximum atomic E-state index is 14.3. The Hall–Kier alpha value is -2.17. The van der Waals surface area contributed by atoms with Crippen LogP contribution in [0.4, 0.5) is 8.78 Å². The molecule has 3 fully saturated rings. The number of fused-ring (bicyclic) bond motifs is 1. The fourth-order valence-electron chi connectivity index (χ4n) is 6.59. The van der Waals surface area contributed by atoms with Crippen LogP contribution in [0.3, 0.4) is 0 Å². The largest absolute Gasteiger partial charge is 0.483 e. The minimum absolute atomic E-state index is 0.0739. The Morgan fingerprint density at radius 3 is 2.18 bits per heavy atom. The minimum atomic E-state index is -0.867. The first-order valence-corrected chi connectivity index (χ1v) is 13.1. The molecule has 3 aliphatic rings. The van der Waals surface area contributed by atoms with Crippen LogP contribution in [0.1, 0.15) is 71.1 Å². The summed E-state index contributed by atoms with van der Waals surface area (Å²) in [5, 5.41) is 0. The van der Waals surface area contributed by atoms with Gasteiger partial charge in [-0.05, 0) is 101 Å². The van der Waals surface area contributed by atoms with Gasteiger partial charge in [0, 0.05) is 12.1 Å². The molecule has 186 valence electrons. The van der Waals surface area contributed by atoms with E-state index in [-0.39, 0.29) is 24.2 Å². The van der Waals surface area contributed by atoms with Gasteiger partial charge >= 0.3 is 5.97 Å². The predicted molar refractivity (Wildman–Crippen MR) is 130 cm³/mol. The molecule has 0 saturated heterocycles. The molecule has 34 heavy (non-hydrogen) atoms. The lowest BCUT2D eigenvalue weighted by atomic mass is 9.61. The van der Waals surface area contributed by atoms with Crippen LogP contribution in [0.25, 0.3) is 0 Å². The summed E-state index contributed by atoms with van der Waals surface area (Å²) in [5.74, 6) is 1.04. The Morgan fingerprint density at radius 2 is 1.53 bits per heavy atom. The van der Waals surface area contributed by atoms with Gasteiger partial charge in [0.15, 0.2) is 17.4 Å². The van der Waals surface area contributed by atoms with Crippen molar-refractivity contribution in [3.05, 3.63) is 48.6 Å². The van der Waals surface area contributed by atoms with Crippen molar-refractivity contribution in [3.8, 4) is 11.5 Å². The second kappa shape index (κ2) is 11.5. The summed E-state index contributed by atoms with van der Waals surface area (Å²) in [5.41, 5.74) is 0. The molecule has 3 nitrogen and oxygen atoms in total. The number of carbonyl (C=O) groups excluding carboxylic acids is 1. The maximum Gasteiger partial charge on any atom is 0.314 e. The number of halogens is 2. The van der Waals surface area contributed by atoms with Crippen LogP contribution in [-0.2, 0) is 4.79 Å². The van der Waals surface area contributed by atoms with Crippen LogP contribution in [0.2, 0.25) is 0 Å². The molecule has 5 heteroatoms. The molecule has 0 bridgehead atoms. The topological polar surface area (TPSA) is 35.5 Å². The van der Waals surface area contributed by atoms with Crippen LogP contribution < -0.4 is 9.47 Å². The summed E-state index contributed by atoms with van der Waals surface area (Å²) in [6.07, 6.45) is 17.2. The fourth-order valence-corrected chi connectivity index (χ4v) is 6.59. The Bertz CT molecular complexity index is 864. The van der Waals surface area contributed by atoms with Gasteiger partial charge in [-0.2, -0.15) is 0 Å². The van der Waals surface area contributed by atoms with Crippen molar-refractivity contribution < 1.29 is 23.0 Å². The summed E-state index contributed by atoms with van der Waals surface area (Å²) in [6, 6.07) is 2.05. The number of carbonyl (C=O) groups is 1. The standard InChI is InChI=1S/C29H38F2O3/c1-3-5-14-33-28-26(30)17-25(18-27(28)31)34-29(32)21-10-8-20(9-11-21)23-13-12-22-15-19(4-2)6-7-24(22)16-23/h3-5,17-24H,2,6-16H2,1H3/b5-3+. The van der Waals surface area contributed by atoms with Gasteiger partial charge in [-0.15, -0.1) is 6.58 Å². The lowest BCUT2D eigenvalue weighted by Crippen LogP contribution is -2.35. The van der Waals surface area contributed by atoms with Crippen LogP contribution >= 0.6 is 0 Å². The highest BCUT2D eigenvalue weighted by molar-refractivity contribution is 5.75. The molecular formula is C29H38F2O3. The van der Waals surface area contributed by atoms with E-state index < -0.39 is 17.4 Å². The van der Waals surface area contributed by atoms with Crippen LogP contribution in [0.5, 0.6) is 11.5 Å². The molecule has 1 aromatic carbocycles. The van der Waals surface area contributed by atoms with E-state index in [2.05, 4.69) is 12.7 Å². The van der Waals surface area contributed by atoms with Crippen molar-refractivity contribution >= 4 is 5.97 Å². The molecular weight excluding hydrogens is 434 g/mol. The second-order valence-electron chi connectivity index (χ2n) is 10.5. The van der Waals surface area contributed by atoms with Crippen LogP contribution in [0, 0.1) is 47.1 Å². The van der Waals surface area contributed by atoms with Crippen LogP contribution in [-0.4, -0.2) is 12.6 Å². The van der Waals surface area contributed by atoms with Crippen molar-refractivity contribution in [2.75, 3.05) is 6.61 Å². The Balaban J connectivity index is 1.26. The van der Waals surface area contributed by atoms with Crippen molar-refractivity contribution in [3.63, 3.8) is 0 Å². The fraction of sp³-hybridized carbons (Fsp3) is 0.621. The number of hydrogen-bond acceptors (Lipinski definition) is 3. The van der Waals surface area contributed by atoms with Gasteiger partial charge in [-0.25, -0.2) is 8.78 Å². The third kappa shape index (κ3) is 5.90. The average molecular weight is 473 g/mol. The van der Waals surface area contributed by atoms with E-state index >= 15 is 0 Å². The van der Waals surface area contributed by atoms with Crippen LogP contribution in [0.15, 0.2) is 36.9 Å². The summed E-state index contributed by atoms with van der Waals surface area (Å²) in [4.78, 5) is 12.7. The molecule has 0 aliphatic heterocycles. The van der Waals surface area contributed by atoms with E-state index in [0.717, 1.165) is 55.6 Å². The molecule has 0 spiro atoms. The lowest BCUT2D eigenvalue weighted by Gasteiger charge is -2.45. The molecule has 0 aromatic heterocycles. The normalized spacial score (nSPS) is 31.6. The van der Waals surface area contributed by atoms with Gasteiger partial charge < -0.3 is 9.47 Å². The molecule has 0 heterocycles. The number of hydrogen-bond donors (Lipinski definition) is 0. The van der Waals surface area contributed by atoms with Crippen molar-refractivity contribution in [1.82, 2.24) is 0 Å². The summed E-state index contributed by atoms with van der Waals surface area (Å²) in [6.45, 7) is 5.87. The third-order valence-corrected chi connectivity index (χ3v) is 8.55. The lowest BCUT2D eigenvalue weighted by molar-refractivity contribution is -0.140. The Kier molecular flexibility index (Phi) is 8.44. The monoisotopic (exact) mass is 472 g/mol. The molecule has 1 aromatic rings. The van der Waals surface area contributed by atoms with Crippen molar-refractivity contribution in [2.24, 2.45) is 35.5 Å². The molecule has 3 saturated carbocycles. The van der Waals surface area contributed by atoms with Gasteiger partial charge in [0.2, 0.25) is 0 Å². The van der Waals surface area contributed by atoms with E-state index in [1.165, 1.54) is 38.5 Å². The minimum Gasteiger partial charge on any atom is -0.483 e. The predicted octanol–water partition coefficient (Wildman–Crippen LogP) is 7.65. The zero-order chi connectivity index (χ0) is 24.1. The van der Waals surface area contributed by atoms with Gasteiger partial charge in [-0.1, -0.05) is 18.2 Å². The smallest absolute Gasteiger partial charge is 0.314 e. The SMILES string of the molecule is C=CC1CCC2CC(C3CCC(C(=O)Oc4cc(F)c(OC/C=C/C)c(F)c4)CC3)CCC2C1. The maximum absolute atomic E-state index is 14.3. The van der Waals surface area contributed by atoms with E-state index in [9.17, 15) is 13.6 Å². The van der Waals surface area contributed by atoms with Gasteiger partial charge in [-0.3, -0.25) is 4.79 Å². The molecule has 4 unspecified atom stereocenters. The van der Waals surface area contributed by atoms with Gasteiger partial charge in [0.25, 0.3) is 0 Å². The quantitative estimate of drug-likeness (QED) is 0.232. The molecule has 3 aliphatic carbocycles. The summed E-state index contributed by atoms with van der Waals surface area (Å²) < 4.78 is 39.0. The number of ether oxygens (including phenoxy) is 2. The molecule has 0 amide bonds. The first-order valence-electron chi connectivity index (χ1n) is 13.1. The number of esters is 1. The second-order valence-corrected chi connectivity index (χ2v) is 10.5. The zero-order valence-electron chi connectivity index (χ0n) is 20.3. The Morgan fingerprint density at radius 1 is 0.941 bits per heavy atom. The molecule has 4 atom stereocenters. The van der Waals surface area contributed by atoms with Gasteiger partial charge in [0.1, 0.15) is 12.4 Å². The van der Waals surface area contributed by atoms with Crippen molar-refractivity contribution in [2.45, 2.75) is 71.1 Å². The number of allylic oxidation sites excluding steroid dienone is 2. The van der Waals surface area contributed by atoms with Gasteiger partial charge in [0.05, 0.1) is 5.92 Å². The number of rotatable bonds is 7. The summed E-state index contributed by atoms with van der Waals surface area (Å²) >= 11 is 0. The van der Waals surface area contributed by atoms with Crippen molar-refractivity contribution in [1.29, 1.82) is 0 Å². The highest BCUT2D eigenvalue weighted by Crippen LogP contribution is 2.49. The first-order chi connectivity index (χ1) is 16.5.